The van der Waals surface area contributed by atoms with Crippen LogP contribution in [0.5, 0.6) is 0 Å². The first-order valence-corrected chi connectivity index (χ1v) is 6.47. The van der Waals surface area contributed by atoms with Crippen molar-refractivity contribution >= 4 is 29.3 Å². The number of rotatable bonds is 4. The standard InChI is InChI=1S/C10H9N3O2S2/c1-2-8-12-10(17-13-8)16-7-3-4-11-5-6(7)9(14)15/h3-5H,2H2,1H3,(H,14,15). The lowest BCUT2D eigenvalue weighted by Gasteiger charge is -2.01. The van der Waals surface area contributed by atoms with Crippen LogP contribution in [0.25, 0.3) is 0 Å². The van der Waals surface area contributed by atoms with E-state index in [0.717, 1.165) is 16.6 Å². The maximum atomic E-state index is 11.0. The molecule has 7 heteroatoms. The van der Waals surface area contributed by atoms with Crippen molar-refractivity contribution in [3.05, 3.63) is 29.8 Å². The summed E-state index contributed by atoms with van der Waals surface area (Å²) < 4.78 is 4.90. The smallest absolute Gasteiger partial charge is 0.338 e. The molecule has 0 unspecified atom stereocenters. The summed E-state index contributed by atoms with van der Waals surface area (Å²) in [6, 6.07) is 1.67. The lowest BCUT2D eigenvalue weighted by atomic mass is 10.3. The predicted molar refractivity (Wildman–Crippen MR) is 64.6 cm³/mol. The van der Waals surface area contributed by atoms with E-state index >= 15 is 0 Å². The molecule has 0 spiro atoms. The number of carboxylic acid groups (broad SMARTS) is 1. The van der Waals surface area contributed by atoms with Gasteiger partial charge in [-0.1, -0.05) is 18.7 Å². The van der Waals surface area contributed by atoms with E-state index in [0.29, 0.717) is 4.90 Å². The second-order valence-electron chi connectivity index (χ2n) is 3.11. The Bertz CT molecular complexity index is 542. The number of carbonyl (C=O) groups is 1. The average molecular weight is 267 g/mol. The number of nitrogens with zero attached hydrogens (tertiary/aromatic N) is 3. The Hall–Kier alpha value is -1.47. The summed E-state index contributed by atoms with van der Waals surface area (Å²) in [5, 5.41) is 9.01. The van der Waals surface area contributed by atoms with Gasteiger partial charge < -0.3 is 5.11 Å². The van der Waals surface area contributed by atoms with Crippen LogP contribution in [-0.4, -0.2) is 25.4 Å². The van der Waals surface area contributed by atoms with Gasteiger partial charge in [-0.2, -0.15) is 4.37 Å². The Kier molecular flexibility index (Phi) is 3.70. The van der Waals surface area contributed by atoms with Crippen molar-refractivity contribution in [2.45, 2.75) is 22.6 Å². The van der Waals surface area contributed by atoms with Crippen molar-refractivity contribution in [2.24, 2.45) is 0 Å². The Morgan fingerprint density at radius 3 is 3.06 bits per heavy atom. The first-order chi connectivity index (χ1) is 8.20. The van der Waals surface area contributed by atoms with Gasteiger partial charge >= 0.3 is 5.97 Å². The highest BCUT2D eigenvalue weighted by molar-refractivity contribution is 8.01. The second kappa shape index (κ2) is 5.24. The minimum Gasteiger partial charge on any atom is -0.478 e. The van der Waals surface area contributed by atoms with Crippen LogP contribution in [0, 0.1) is 0 Å². The van der Waals surface area contributed by atoms with Crippen molar-refractivity contribution in [3.8, 4) is 0 Å². The maximum absolute atomic E-state index is 11.0. The van der Waals surface area contributed by atoms with Gasteiger partial charge in [-0.25, -0.2) is 9.78 Å². The van der Waals surface area contributed by atoms with E-state index in [2.05, 4.69) is 14.3 Å². The summed E-state index contributed by atoms with van der Waals surface area (Å²) >= 11 is 2.58. The van der Waals surface area contributed by atoms with Crippen LogP contribution in [0.15, 0.2) is 27.7 Å². The fourth-order valence-corrected chi connectivity index (χ4v) is 2.90. The van der Waals surface area contributed by atoms with Crippen molar-refractivity contribution < 1.29 is 9.90 Å². The summed E-state index contributed by atoms with van der Waals surface area (Å²) in [7, 11) is 0. The molecule has 2 heterocycles. The van der Waals surface area contributed by atoms with Gasteiger partial charge in [0, 0.05) is 23.7 Å². The number of pyridine rings is 1. The van der Waals surface area contributed by atoms with Crippen LogP contribution >= 0.6 is 23.3 Å². The Labute approximate surface area is 106 Å². The molecule has 0 fully saturated rings. The number of aromatic nitrogens is 3. The third kappa shape index (κ3) is 2.80. The zero-order valence-corrected chi connectivity index (χ0v) is 10.6. The second-order valence-corrected chi connectivity index (χ2v) is 5.15. The van der Waals surface area contributed by atoms with Gasteiger partial charge in [-0.15, -0.1) is 0 Å². The molecule has 2 rings (SSSR count). The molecule has 0 atom stereocenters. The minimum absolute atomic E-state index is 0.186. The molecule has 1 N–H and O–H groups in total. The monoisotopic (exact) mass is 267 g/mol. The third-order valence-corrected chi connectivity index (χ3v) is 3.84. The van der Waals surface area contributed by atoms with Crippen molar-refractivity contribution in [3.63, 3.8) is 0 Å². The number of hydrogen-bond acceptors (Lipinski definition) is 6. The summed E-state index contributed by atoms with van der Waals surface area (Å²) in [4.78, 5) is 19.7. The summed E-state index contributed by atoms with van der Waals surface area (Å²) in [5.41, 5.74) is 0.186. The summed E-state index contributed by atoms with van der Waals surface area (Å²) in [6.45, 7) is 1.98. The van der Waals surface area contributed by atoms with E-state index in [9.17, 15) is 4.79 Å². The van der Waals surface area contributed by atoms with Crippen LogP contribution in [0.3, 0.4) is 0 Å². The average Bonchev–Trinajstić information content (AvgIpc) is 2.77. The van der Waals surface area contributed by atoms with Gasteiger partial charge in [0.1, 0.15) is 5.82 Å². The fourth-order valence-electron chi connectivity index (χ4n) is 1.15. The molecule has 2 aromatic rings. The Morgan fingerprint density at radius 2 is 2.41 bits per heavy atom. The highest BCUT2D eigenvalue weighted by Crippen LogP contribution is 2.31. The SMILES string of the molecule is CCc1nsc(Sc2ccncc2C(=O)O)n1. The lowest BCUT2D eigenvalue weighted by molar-refractivity contribution is 0.0692. The molecular formula is C10H9N3O2S2. The molecule has 2 aromatic heterocycles. The topological polar surface area (TPSA) is 76.0 Å². The molecule has 88 valence electrons. The summed E-state index contributed by atoms with van der Waals surface area (Å²) in [6.07, 6.45) is 3.68. The Balaban J connectivity index is 2.26. The molecule has 0 aromatic carbocycles. The van der Waals surface area contributed by atoms with Gasteiger partial charge in [0.15, 0.2) is 4.34 Å². The summed E-state index contributed by atoms with van der Waals surface area (Å²) in [5.74, 6) is -0.204. The molecule has 0 aliphatic heterocycles. The van der Waals surface area contributed by atoms with Gasteiger partial charge in [0.05, 0.1) is 5.56 Å². The fraction of sp³-hybridized carbons (Fsp3) is 0.200. The Morgan fingerprint density at radius 1 is 1.59 bits per heavy atom. The number of aromatic carboxylic acids is 1. The first kappa shape index (κ1) is 12.0. The minimum atomic E-state index is -0.985. The quantitative estimate of drug-likeness (QED) is 0.916. The van der Waals surface area contributed by atoms with Crippen molar-refractivity contribution in [1.82, 2.24) is 14.3 Å². The molecule has 0 radical (unpaired) electrons. The van der Waals surface area contributed by atoms with E-state index in [1.54, 1.807) is 12.3 Å². The molecule has 0 saturated carbocycles. The van der Waals surface area contributed by atoms with Crippen LogP contribution < -0.4 is 0 Å². The van der Waals surface area contributed by atoms with E-state index in [-0.39, 0.29) is 5.56 Å². The van der Waals surface area contributed by atoms with E-state index < -0.39 is 5.97 Å². The van der Waals surface area contributed by atoms with Gasteiger partial charge in [-0.3, -0.25) is 4.98 Å². The molecule has 0 saturated heterocycles. The van der Waals surface area contributed by atoms with Crippen molar-refractivity contribution in [1.29, 1.82) is 0 Å². The number of carboxylic acids is 1. The molecule has 5 nitrogen and oxygen atoms in total. The first-order valence-electron chi connectivity index (χ1n) is 4.88. The maximum Gasteiger partial charge on any atom is 0.338 e. The van der Waals surface area contributed by atoms with Crippen LogP contribution in [0.4, 0.5) is 0 Å². The number of hydrogen-bond donors (Lipinski definition) is 1. The zero-order valence-electron chi connectivity index (χ0n) is 8.95. The van der Waals surface area contributed by atoms with Gasteiger partial charge in [0.2, 0.25) is 0 Å². The molecule has 0 aliphatic rings. The molecular weight excluding hydrogens is 258 g/mol. The highest BCUT2D eigenvalue weighted by atomic mass is 32.2. The van der Waals surface area contributed by atoms with Crippen LogP contribution in [-0.2, 0) is 6.42 Å². The van der Waals surface area contributed by atoms with Crippen LogP contribution in [0.1, 0.15) is 23.1 Å². The predicted octanol–water partition coefficient (Wildman–Crippen LogP) is 2.34. The third-order valence-electron chi connectivity index (χ3n) is 1.97. The van der Waals surface area contributed by atoms with E-state index in [1.807, 2.05) is 6.92 Å². The molecule has 0 bridgehead atoms. The molecule has 0 amide bonds. The number of aryl methyl sites for hydroxylation is 1. The zero-order chi connectivity index (χ0) is 12.3. The van der Waals surface area contributed by atoms with Crippen molar-refractivity contribution in [2.75, 3.05) is 0 Å². The van der Waals surface area contributed by atoms with E-state index in [4.69, 9.17) is 5.11 Å². The van der Waals surface area contributed by atoms with Crippen LogP contribution in [0.2, 0.25) is 0 Å². The normalized spacial score (nSPS) is 10.4. The largest absolute Gasteiger partial charge is 0.478 e. The van der Waals surface area contributed by atoms with Gasteiger partial charge in [0.25, 0.3) is 0 Å². The molecule has 17 heavy (non-hydrogen) atoms. The molecule has 0 aliphatic carbocycles. The lowest BCUT2D eigenvalue weighted by Crippen LogP contribution is -1.99. The van der Waals surface area contributed by atoms with Gasteiger partial charge in [-0.05, 0) is 17.6 Å². The highest BCUT2D eigenvalue weighted by Gasteiger charge is 2.13. The van der Waals surface area contributed by atoms with E-state index in [1.165, 1.54) is 29.5 Å².